The summed E-state index contributed by atoms with van der Waals surface area (Å²) < 4.78 is 77.8. The zero-order chi connectivity index (χ0) is 24.7. The van der Waals surface area contributed by atoms with Gasteiger partial charge in [0.2, 0.25) is 5.82 Å². The molecule has 18 nitrogen and oxygen atoms in total. The maximum atomic E-state index is 14.7. The minimum absolute atomic E-state index is 0.308. The molecule has 1 aromatic rings. The summed E-state index contributed by atoms with van der Waals surface area (Å²) in [5.41, 5.74) is 7.33. The molecule has 6 N–H and O–H groups in total. The second-order valence-electron chi connectivity index (χ2n) is 5.54. The molecule has 1 fully saturated rings. The normalized spacial score (nSPS) is 29.7. The molecule has 0 saturated carbocycles. The highest BCUT2D eigenvalue weighted by Crippen LogP contribution is 2.68. The fourth-order valence-corrected chi connectivity index (χ4v) is 5.63. The highest BCUT2D eigenvalue weighted by molar-refractivity contribution is 7.71. The number of aliphatic hydroxyl groups excluding tert-OH is 1. The number of nitrogens with one attached hydrogen (secondary N) is 1. The fourth-order valence-electron chi connectivity index (χ4n) is 2.23. The molecule has 32 heavy (non-hydrogen) atoms. The third-order valence-electron chi connectivity index (χ3n) is 3.28. The Morgan fingerprint density at radius 2 is 1.88 bits per heavy atom. The van der Waals surface area contributed by atoms with Gasteiger partial charge in [0.05, 0.1) is 6.20 Å². The number of phosphoric acid groups is 3. The van der Waals surface area contributed by atoms with Gasteiger partial charge in [-0.15, -0.1) is 0 Å². The number of ether oxygens (including phenoxy) is 1. The van der Waals surface area contributed by atoms with Crippen molar-refractivity contribution in [3.8, 4) is 0 Å². The Hall–Kier alpha value is -1.40. The van der Waals surface area contributed by atoms with Crippen molar-refractivity contribution in [3.63, 3.8) is 0 Å². The predicted molar refractivity (Wildman–Crippen MR) is 93.7 cm³/mol. The maximum Gasteiger partial charge on any atom is 0.490 e. The van der Waals surface area contributed by atoms with Gasteiger partial charge in [0, 0.05) is 4.91 Å². The van der Waals surface area contributed by atoms with Gasteiger partial charge < -0.3 is 29.4 Å². The van der Waals surface area contributed by atoms with Crippen LogP contribution in [0.5, 0.6) is 0 Å². The Kier molecular flexibility index (Phi) is 7.63. The van der Waals surface area contributed by atoms with Gasteiger partial charge in [0.1, 0.15) is 0 Å². The SMILES string of the molecule is [N-]=[N+]=N[C@]1(OP(=O)(O)OP(=O)(O)OP(=O)(O)O)O[C@@H](n2cc(F)c(=O)[nH]c2=S)C(F)[C@H]1O. The van der Waals surface area contributed by atoms with Crippen LogP contribution >= 0.6 is 35.7 Å². The first kappa shape index (κ1) is 26.8. The fraction of sp³-hybridized carbons (Fsp3) is 0.500. The number of alkyl halides is 1. The molecular formula is C8H10F2N5O13P3S. The van der Waals surface area contributed by atoms with Crippen molar-refractivity contribution in [2.75, 3.05) is 0 Å². The number of H-pyrrole nitrogens is 1. The Bertz CT molecular complexity index is 1210. The monoisotopic (exact) mass is 547 g/mol. The van der Waals surface area contributed by atoms with Crippen LogP contribution in [0.15, 0.2) is 16.1 Å². The van der Waals surface area contributed by atoms with Crippen LogP contribution in [0.25, 0.3) is 10.4 Å². The van der Waals surface area contributed by atoms with Crippen molar-refractivity contribution < 1.29 is 65.0 Å². The summed E-state index contributed by atoms with van der Waals surface area (Å²) in [6.07, 6.45) is -7.56. The highest BCUT2D eigenvalue weighted by atomic mass is 32.1. The molecule has 0 bridgehead atoms. The summed E-state index contributed by atoms with van der Waals surface area (Å²) >= 11 is 4.68. The van der Waals surface area contributed by atoms with Crippen molar-refractivity contribution >= 4 is 35.7 Å². The number of phosphoric ester groups is 1. The first-order valence-corrected chi connectivity index (χ1v) is 12.3. The number of aromatic amines is 1. The molecule has 1 aliphatic rings. The molecule has 2 rings (SSSR count). The first-order valence-electron chi connectivity index (χ1n) is 7.34. The molecule has 1 aromatic heterocycles. The van der Waals surface area contributed by atoms with E-state index >= 15 is 0 Å². The summed E-state index contributed by atoms with van der Waals surface area (Å²) in [6, 6.07) is 0. The lowest BCUT2D eigenvalue weighted by Gasteiger charge is -2.28. The molecule has 1 aliphatic heterocycles. The second kappa shape index (κ2) is 9.09. The smallest absolute Gasteiger partial charge is 0.384 e. The van der Waals surface area contributed by atoms with E-state index in [9.17, 15) is 37.3 Å². The van der Waals surface area contributed by atoms with Gasteiger partial charge >= 0.3 is 23.5 Å². The molecule has 2 heterocycles. The molecule has 0 amide bonds. The van der Waals surface area contributed by atoms with Crippen LogP contribution < -0.4 is 5.56 Å². The van der Waals surface area contributed by atoms with Gasteiger partial charge in [-0.3, -0.25) is 14.3 Å². The first-order chi connectivity index (χ1) is 14.4. The van der Waals surface area contributed by atoms with Crippen LogP contribution in [-0.2, 0) is 31.6 Å². The molecule has 0 aromatic carbocycles. The van der Waals surface area contributed by atoms with Crippen molar-refractivity contribution in [3.05, 3.63) is 37.6 Å². The minimum atomic E-state index is -6.12. The van der Waals surface area contributed by atoms with Crippen LogP contribution in [0.3, 0.4) is 0 Å². The van der Waals surface area contributed by atoms with Gasteiger partial charge in [0.25, 0.3) is 11.5 Å². The highest BCUT2D eigenvalue weighted by Gasteiger charge is 2.61. The summed E-state index contributed by atoms with van der Waals surface area (Å²) in [7, 11) is -17.9. The number of hydrogen-bond donors (Lipinski definition) is 6. The second-order valence-corrected chi connectivity index (χ2v) is 10.3. The average Bonchev–Trinajstić information content (AvgIpc) is 2.80. The van der Waals surface area contributed by atoms with E-state index in [1.54, 1.807) is 4.98 Å². The van der Waals surface area contributed by atoms with Crippen LogP contribution in [0.2, 0.25) is 0 Å². The number of rotatable bonds is 8. The van der Waals surface area contributed by atoms with Gasteiger partial charge in [-0.1, -0.05) is 0 Å². The Balaban J connectivity index is 2.44. The number of hydrogen-bond acceptors (Lipinski definition) is 11. The molecule has 1 saturated heterocycles. The quantitative estimate of drug-likeness (QED) is 0.0854. The minimum Gasteiger partial charge on any atom is -0.384 e. The van der Waals surface area contributed by atoms with Crippen molar-refractivity contribution in [1.82, 2.24) is 9.55 Å². The summed E-state index contributed by atoms with van der Waals surface area (Å²) in [5.74, 6) is -5.06. The van der Waals surface area contributed by atoms with E-state index in [4.69, 9.17) is 24.9 Å². The van der Waals surface area contributed by atoms with E-state index in [1.165, 1.54) is 0 Å². The van der Waals surface area contributed by atoms with Crippen LogP contribution in [0.1, 0.15) is 6.23 Å². The van der Waals surface area contributed by atoms with Crippen molar-refractivity contribution in [1.29, 1.82) is 0 Å². The lowest BCUT2D eigenvalue weighted by molar-refractivity contribution is -0.222. The summed E-state index contributed by atoms with van der Waals surface area (Å²) in [5, 5.41) is 12.7. The lowest BCUT2D eigenvalue weighted by Crippen LogP contribution is -2.42. The average molecular weight is 547 g/mol. The summed E-state index contributed by atoms with van der Waals surface area (Å²) in [6.45, 7) is 0. The van der Waals surface area contributed by atoms with Crippen molar-refractivity contribution in [2.24, 2.45) is 5.11 Å². The van der Waals surface area contributed by atoms with Crippen LogP contribution in [0, 0.1) is 10.6 Å². The van der Waals surface area contributed by atoms with E-state index in [2.05, 4.69) is 35.4 Å². The van der Waals surface area contributed by atoms with E-state index in [0.717, 1.165) is 0 Å². The molecule has 24 heteroatoms. The number of aliphatic hydroxyl groups is 1. The molecule has 6 atom stereocenters. The predicted octanol–water partition coefficient (Wildman–Crippen LogP) is 0.580. The standard InChI is InChI=1S/C8H10F2N5O13P3S/c9-2-1-15(7(32)12-5(2)17)6-3(10)4(16)8(25-6,13-14-11)26-30(21,22)28-31(23,24)27-29(18,19)20/h1,3-4,6,16H,(H,21,22)(H,23,24)(H,12,17,32)(H2,18,19,20)/t3?,4-,6-,8+/m1/s1. The third kappa shape index (κ3) is 6.13. The van der Waals surface area contributed by atoms with Crippen molar-refractivity contribution in [2.45, 2.75) is 24.4 Å². The largest absolute Gasteiger partial charge is 0.490 e. The Labute approximate surface area is 178 Å². The van der Waals surface area contributed by atoms with Gasteiger partial charge in [-0.2, -0.15) is 13.0 Å². The van der Waals surface area contributed by atoms with Gasteiger partial charge in [0.15, 0.2) is 23.3 Å². The topological polar surface area (TPSA) is 276 Å². The number of halogens is 2. The Morgan fingerprint density at radius 3 is 2.41 bits per heavy atom. The molecule has 0 spiro atoms. The maximum absolute atomic E-state index is 14.7. The number of azide groups is 1. The third-order valence-corrected chi connectivity index (χ3v) is 7.41. The zero-order valence-corrected chi connectivity index (χ0v) is 18.1. The van der Waals surface area contributed by atoms with E-state index in [-0.39, 0.29) is 0 Å². The number of nitrogens with zero attached hydrogens (tertiary/aromatic N) is 4. The van der Waals surface area contributed by atoms with E-state index < -0.39 is 64.0 Å². The van der Waals surface area contributed by atoms with E-state index in [1.807, 2.05) is 0 Å². The van der Waals surface area contributed by atoms with Gasteiger partial charge in [-0.25, -0.2) is 22.6 Å². The molecule has 180 valence electrons. The van der Waals surface area contributed by atoms with Crippen LogP contribution in [0.4, 0.5) is 8.78 Å². The van der Waals surface area contributed by atoms with E-state index in [0.29, 0.717) is 10.8 Å². The Morgan fingerprint density at radius 1 is 1.28 bits per heavy atom. The zero-order valence-electron chi connectivity index (χ0n) is 14.6. The molecular weight excluding hydrogens is 537 g/mol. The lowest BCUT2D eigenvalue weighted by atomic mass is 10.2. The van der Waals surface area contributed by atoms with Gasteiger partial charge in [-0.05, 0) is 22.9 Å². The van der Waals surface area contributed by atoms with Crippen LogP contribution in [-0.4, -0.2) is 52.4 Å². The summed E-state index contributed by atoms with van der Waals surface area (Å²) in [4.78, 5) is 50.8. The molecule has 0 radical (unpaired) electrons. The number of aromatic nitrogens is 2. The molecule has 3 unspecified atom stereocenters. The molecule has 0 aliphatic carbocycles.